The van der Waals surface area contributed by atoms with Gasteiger partial charge in [0, 0.05) is 6.07 Å². The zero-order valence-corrected chi connectivity index (χ0v) is 12.7. The zero-order chi connectivity index (χ0) is 15.1. The van der Waals surface area contributed by atoms with Crippen molar-refractivity contribution in [3.63, 3.8) is 0 Å². The molecule has 1 aliphatic rings. The van der Waals surface area contributed by atoms with E-state index in [9.17, 15) is 8.78 Å². The molecule has 0 atom stereocenters. The molecule has 1 aliphatic carbocycles. The van der Waals surface area contributed by atoms with Crippen molar-refractivity contribution >= 4 is 0 Å². The van der Waals surface area contributed by atoms with Crippen LogP contribution in [0.4, 0.5) is 8.78 Å². The van der Waals surface area contributed by atoms with Crippen LogP contribution in [-0.2, 0) is 0 Å². The molecule has 1 nitrogen and oxygen atoms in total. The Balaban J connectivity index is 1.70. The van der Waals surface area contributed by atoms with E-state index in [1.165, 1.54) is 44.6 Å². The van der Waals surface area contributed by atoms with Crippen molar-refractivity contribution in [2.75, 3.05) is 6.61 Å². The second-order valence-corrected chi connectivity index (χ2v) is 5.88. The lowest BCUT2D eigenvalue weighted by Gasteiger charge is -2.26. The monoisotopic (exact) mass is 294 g/mol. The Hall–Kier alpha value is -1.38. The van der Waals surface area contributed by atoms with Crippen LogP contribution in [0.5, 0.6) is 5.75 Å². The lowest BCUT2D eigenvalue weighted by atomic mass is 9.80. The highest BCUT2D eigenvalue weighted by atomic mass is 19.2. The second kappa shape index (κ2) is 8.16. The average molecular weight is 294 g/mol. The van der Waals surface area contributed by atoms with Gasteiger partial charge in [-0.25, -0.2) is 8.78 Å². The normalized spacial score (nSPS) is 22.6. The predicted octanol–water partition coefficient (Wildman–Crippen LogP) is 5.51. The zero-order valence-electron chi connectivity index (χ0n) is 12.7. The van der Waals surface area contributed by atoms with Gasteiger partial charge in [-0.3, -0.25) is 0 Å². The van der Waals surface area contributed by atoms with E-state index >= 15 is 0 Å². The van der Waals surface area contributed by atoms with E-state index in [0.29, 0.717) is 18.3 Å². The van der Waals surface area contributed by atoms with E-state index in [1.54, 1.807) is 0 Å². The molecular formula is C18H24F2O. The fourth-order valence-corrected chi connectivity index (χ4v) is 3.04. The molecule has 0 N–H and O–H groups in total. The number of rotatable bonds is 6. The van der Waals surface area contributed by atoms with Gasteiger partial charge in [0.1, 0.15) is 12.4 Å². The molecular weight excluding hydrogens is 270 g/mol. The molecule has 1 aromatic rings. The molecule has 0 heterocycles. The number of ether oxygens (including phenoxy) is 1. The first-order valence-corrected chi connectivity index (χ1v) is 7.93. The molecule has 0 aromatic heterocycles. The Morgan fingerprint density at radius 2 is 1.90 bits per heavy atom. The summed E-state index contributed by atoms with van der Waals surface area (Å²) in [6.45, 7) is 2.65. The smallest absolute Gasteiger partial charge is 0.162 e. The van der Waals surface area contributed by atoms with Crippen molar-refractivity contribution in [2.24, 2.45) is 11.8 Å². The molecule has 1 saturated carbocycles. The lowest BCUT2D eigenvalue weighted by Crippen LogP contribution is -2.13. The molecule has 1 aromatic carbocycles. The molecule has 0 unspecified atom stereocenters. The van der Waals surface area contributed by atoms with Gasteiger partial charge in [0.15, 0.2) is 11.6 Å². The largest absolute Gasteiger partial charge is 0.489 e. The van der Waals surface area contributed by atoms with E-state index in [4.69, 9.17) is 4.74 Å². The van der Waals surface area contributed by atoms with Gasteiger partial charge in [0.05, 0.1) is 0 Å². The van der Waals surface area contributed by atoms with Crippen molar-refractivity contribution < 1.29 is 13.5 Å². The molecule has 1 fully saturated rings. The first-order chi connectivity index (χ1) is 10.2. The maximum Gasteiger partial charge on any atom is 0.162 e. The summed E-state index contributed by atoms with van der Waals surface area (Å²) < 4.78 is 31.2. The van der Waals surface area contributed by atoms with Gasteiger partial charge >= 0.3 is 0 Å². The summed E-state index contributed by atoms with van der Waals surface area (Å²) in [5.74, 6) is 0.211. The van der Waals surface area contributed by atoms with Crippen LogP contribution in [-0.4, -0.2) is 6.61 Å². The maximum atomic E-state index is 13.0. The van der Waals surface area contributed by atoms with Crippen LogP contribution in [0, 0.1) is 23.5 Å². The Morgan fingerprint density at radius 3 is 2.57 bits per heavy atom. The van der Waals surface area contributed by atoms with Gasteiger partial charge in [-0.2, -0.15) is 0 Å². The second-order valence-electron chi connectivity index (χ2n) is 5.88. The van der Waals surface area contributed by atoms with E-state index in [0.717, 1.165) is 18.1 Å². The molecule has 21 heavy (non-hydrogen) atoms. The minimum atomic E-state index is -0.870. The summed E-state index contributed by atoms with van der Waals surface area (Å²) in [6.07, 6.45) is 12.0. The standard InChI is InChI=1S/C18H24F2O/c1-2-4-14-6-8-15(9-7-14)5-3-12-21-16-10-11-17(19)18(20)13-16/h3,5,10-11,13-15H,2,4,6-9,12H2,1H3/b5-3+/t14-,15-. The van der Waals surface area contributed by atoms with Crippen molar-refractivity contribution in [1.82, 2.24) is 0 Å². The van der Waals surface area contributed by atoms with Crippen LogP contribution in [0.25, 0.3) is 0 Å². The average Bonchev–Trinajstić information content (AvgIpc) is 2.49. The van der Waals surface area contributed by atoms with E-state index in [1.807, 2.05) is 6.08 Å². The molecule has 0 bridgehead atoms. The van der Waals surface area contributed by atoms with Gasteiger partial charge in [0.2, 0.25) is 0 Å². The molecule has 0 spiro atoms. The van der Waals surface area contributed by atoms with Gasteiger partial charge in [-0.15, -0.1) is 0 Å². The number of halogens is 2. The van der Waals surface area contributed by atoms with E-state index < -0.39 is 11.6 Å². The van der Waals surface area contributed by atoms with Crippen LogP contribution in [0.1, 0.15) is 45.4 Å². The third kappa shape index (κ3) is 5.14. The van der Waals surface area contributed by atoms with Gasteiger partial charge < -0.3 is 4.74 Å². The summed E-state index contributed by atoms with van der Waals surface area (Å²) in [5, 5.41) is 0. The van der Waals surface area contributed by atoms with E-state index in [2.05, 4.69) is 13.0 Å². The molecule has 2 rings (SSSR count). The number of hydrogen-bond donors (Lipinski definition) is 0. The first kappa shape index (κ1) is 16.0. The Morgan fingerprint density at radius 1 is 1.14 bits per heavy atom. The predicted molar refractivity (Wildman–Crippen MR) is 81.3 cm³/mol. The van der Waals surface area contributed by atoms with Crippen molar-refractivity contribution in [3.8, 4) is 5.75 Å². The summed E-state index contributed by atoms with van der Waals surface area (Å²) in [4.78, 5) is 0. The molecule has 0 saturated heterocycles. The van der Waals surface area contributed by atoms with Crippen molar-refractivity contribution in [1.29, 1.82) is 0 Å². The van der Waals surface area contributed by atoms with Crippen LogP contribution < -0.4 is 4.74 Å². The fraction of sp³-hybridized carbons (Fsp3) is 0.556. The van der Waals surface area contributed by atoms with Crippen LogP contribution in [0.2, 0.25) is 0 Å². The molecule has 116 valence electrons. The lowest BCUT2D eigenvalue weighted by molar-refractivity contribution is 0.292. The van der Waals surface area contributed by atoms with Gasteiger partial charge in [-0.05, 0) is 49.7 Å². The summed E-state index contributed by atoms with van der Waals surface area (Å²) in [6, 6.07) is 3.62. The number of hydrogen-bond acceptors (Lipinski definition) is 1. The minimum Gasteiger partial charge on any atom is -0.489 e. The molecule has 0 radical (unpaired) electrons. The maximum absolute atomic E-state index is 13.0. The number of allylic oxidation sites excluding steroid dienone is 1. The molecule has 3 heteroatoms. The highest BCUT2D eigenvalue weighted by Gasteiger charge is 2.18. The van der Waals surface area contributed by atoms with Crippen LogP contribution in [0.3, 0.4) is 0 Å². The summed E-state index contributed by atoms with van der Waals surface area (Å²) >= 11 is 0. The molecule has 0 aliphatic heterocycles. The molecule has 0 amide bonds. The third-order valence-corrected chi connectivity index (χ3v) is 4.23. The van der Waals surface area contributed by atoms with Crippen LogP contribution in [0.15, 0.2) is 30.4 Å². The highest BCUT2D eigenvalue weighted by Crippen LogP contribution is 2.32. The van der Waals surface area contributed by atoms with Crippen molar-refractivity contribution in [3.05, 3.63) is 42.0 Å². The van der Waals surface area contributed by atoms with Crippen molar-refractivity contribution in [2.45, 2.75) is 45.4 Å². The Kier molecular flexibility index (Phi) is 6.21. The Bertz CT molecular complexity index is 462. The topological polar surface area (TPSA) is 9.23 Å². The first-order valence-electron chi connectivity index (χ1n) is 7.93. The minimum absolute atomic E-state index is 0.366. The quantitative estimate of drug-likeness (QED) is 0.629. The van der Waals surface area contributed by atoms with Crippen LogP contribution >= 0.6 is 0 Å². The Labute approximate surface area is 126 Å². The third-order valence-electron chi connectivity index (χ3n) is 4.23. The fourth-order valence-electron chi connectivity index (χ4n) is 3.04. The van der Waals surface area contributed by atoms with E-state index in [-0.39, 0.29) is 0 Å². The van der Waals surface area contributed by atoms with Gasteiger partial charge in [0.25, 0.3) is 0 Å². The number of benzene rings is 1. The SMILES string of the molecule is CCC[C@H]1CC[C@H](/C=C/COc2ccc(F)c(F)c2)CC1. The highest BCUT2D eigenvalue weighted by molar-refractivity contribution is 5.23. The summed E-state index contributed by atoms with van der Waals surface area (Å²) in [7, 11) is 0. The summed E-state index contributed by atoms with van der Waals surface area (Å²) in [5.41, 5.74) is 0. The van der Waals surface area contributed by atoms with Gasteiger partial charge in [-0.1, -0.05) is 31.9 Å².